The average molecular weight is 345 g/mol. The summed E-state index contributed by atoms with van der Waals surface area (Å²) in [6.45, 7) is 7.77. The van der Waals surface area contributed by atoms with E-state index >= 15 is 0 Å². The molecule has 0 aromatic heterocycles. The molecule has 5 heteroatoms. The Labute approximate surface area is 151 Å². The first kappa shape index (κ1) is 18.1. The van der Waals surface area contributed by atoms with Crippen LogP contribution in [0.2, 0.25) is 0 Å². The van der Waals surface area contributed by atoms with E-state index in [-0.39, 0.29) is 18.1 Å². The molecule has 1 heterocycles. The third-order valence-electron chi connectivity index (χ3n) is 5.16. The molecule has 0 radical (unpaired) electrons. The number of ether oxygens (including phenoxy) is 1. The van der Waals surface area contributed by atoms with Crippen LogP contribution < -0.4 is 15.5 Å². The minimum absolute atomic E-state index is 0.0822. The highest BCUT2D eigenvalue weighted by Crippen LogP contribution is 2.25. The standard InChI is InChI=1S/C20H31N3O2/c1-14-12-23(13-15(2)25-14)20-10-8-19(9-11-20)22-18-6-4-17(5-7-18)21-16(3)24/h8-11,14-15,17-18,22H,4-7,12-13H2,1-3H3,(H,21,24)/t14-,15-,17?,18?/m0/s1. The van der Waals surface area contributed by atoms with Gasteiger partial charge in [0.2, 0.25) is 5.91 Å². The second-order valence-corrected chi connectivity index (χ2v) is 7.60. The molecule has 1 saturated heterocycles. The van der Waals surface area contributed by atoms with E-state index in [0.29, 0.717) is 12.1 Å². The van der Waals surface area contributed by atoms with E-state index in [9.17, 15) is 4.79 Å². The molecule has 5 nitrogen and oxygen atoms in total. The molecule has 0 unspecified atom stereocenters. The molecule has 2 N–H and O–H groups in total. The van der Waals surface area contributed by atoms with Crippen molar-refractivity contribution in [2.24, 2.45) is 0 Å². The van der Waals surface area contributed by atoms with E-state index in [4.69, 9.17) is 4.74 Å². The molecular weight excluding hydrogens is 314 g/mol. The van der Waals surface area contributed by atoms with Gasteiger partial charge in [0.05, 0.1) is 12.2 Å². The number of hydrogen-bond acceptors (Lipinski definition) is 4. The summed E-state index contributed by atoms with van der Waals surface area (Å²) in [5.74, 6) is 0.0822. The monoisotopic (exact) mass is 345 g/mol. The molecule has 1 aliphatic carbocycles. The van der Waals surface area contributed by atoms with Crippen LogP contribution in [0.1, 0.15) is 46.5 Å². The summed E-state index contributed by atoms with van der Waals surface area (Å²) in [4.78, 5) is 13.6. The molecule has 2 atom stereocenters. The van der Waals surface area contributed by atoms with E-state index in [1.165, 1.54) is 11.4 Å². The van der Waals surface area contributed by atoms with Gasteiger partial charge in [-0.25, -0.2) is 0 Å². The lowest BCUT2D eigenvalue weighted by Gasteiger charge is -2.37. The second kappa shape index (κ2) is 8.09. The molecule has 3 rings (SSSR count). The maximum Gasteiger partial charge on any atom is 0.217 e. The summed E-state index contributed by atoms with van der Waals surface area (Å²) >= 11 is 0. The smallest absolute Gasteiger partial charge is 0.217 e. The van der Waals surface area contributed by atoms with Gasteiger partial charge in [-0.15, -0.1) is 0 Å². The molecule has 0 bridgehead atoms. The molecule has 1 amide bonds. The van der Waals surface area contributed by atoms with Crippen LogP contribution in [0.4, 0.5) is 11.4 Å². The van der Waals surface area contributed by atoms with Gasteiger partial charge in [-0.05, 0) is 63.8 Å². The number of carbonyl (C=O) groups excluding carboxylic acids is 1. The first-order valence-electron chi connectivity index (χ1n) is 9.53. The molecule has 0 spiro atoms. The molecule has 25 heavy (non-hydrogen) atoms. The quantitative estimate of drug-likeness (QED) is 0.880. The first-order valence-corrected chi connectivity index (χ1v) is 9.53. The number of amides is 1. The van der Waals surface area contributed by atoms with Gasteiger partial charge in [0.1, 0.15) is 0 Å². The summed E-state index contributed by atoms with van der Waals surface area (Å²) < 4.78 is 5.81. The fourth-order valence-corrected chi connectivity index (χ4v) is 4.06. The zero-order chi connectivity index (χ0) is 17.8. The summed E-state index contributed by atoms with van der Waals surface area (Å²) in [6.07, 6.45) is 4.87. The zero-order valence-corrected chi connectivity index (χ0v) is 15.6. The van der Waals surface area contributed by atoms with Crippen LogP contribution in [-0.4, -0.2) is 43.3 Å². The zero-order valence-electron chi connectivity index (χ0n) is 15.6. The number of nitrogens with one attached hydrogen (secondary N) is 2. The van der Waals surface area contributed by atoms with Crippen LogP contribution in [0.25, 0.3) is 0 Å². The van der Waals surface area contributed by atoms with E-state index in [1.807, 2.05) is 0 Å². The summed E-state index contributed by atoms with van der Waals surface area (Å²) in [5.41, 5.74) is 2.45. The maximum absolute atomic E-state index is 11.1. The van der Waals surface area contributed by atoms with E-state index in [0.717, 1.165) is 38.8 Å². The van der Waals surface area contributed by atoms with E-state index in [2.05, 4.69) is 53.6 Å². The minimum Gasteiger partial charge on any atom is -0.382 e. The van der Waals surface area contributed by atoms with Gasteiger partial charge in [-0.3, -0.25) is 4.79 Å². The number of anilines is 2. The van der Waals surface area contributed by atoms with Crippen molar-refractivity contribution in [3.05, 3.63) is 24.3 Å². The molecule has 1 aromatic rings. The predicted octanol–water partition coefficient (Wildman–Crippen LogP) is 3.16. The third kappa shape index (κ3) is 5.11. The lowest BCUT2D eigenvalue weighted by molar-refractivity contribution is -0.119. The third-order valence-corrected chi connectivity index (χ3v) is 5.16. The van der Waals surface area contributed by atoms with Gasteiger partial charge < -0.3 is 20.3 Å². The Bertz CT molecular complexity index is 557. The Morgan fingerprint density at radius 1 is 1.00 bits per heavy atom. The molecular formula is C20H31N3O2. The van der Waals surface area contributed by atoms with Crippen LogP contribution in [0.5, 0.6) is 0 Å². The van der Waals surface area contributed by atoms with Gasteiger partial charge in [-0.1, -0.05) is 0 Å². The lowest BCUT2D eigenvalue weighted by Crippen LogP contribution is -2.45. The molecule has 2 aliphatic rings. The van der Waals surface area contributed by atoms with Crippen molar-refractivity contribution in [2.75, 3.05) is 23.3 Å². The van der Waals surface area contributed by atoms with Crippen LogP contribution in [0.15, 0.2) is 24.3 Å². The minimum atomic E-state index is 0.0822. The average Bonchev–Trinajstić information content (AvgIpc) is 2.56. The summed E-state index contributed by atoms with van der Waals surface area (Å²) in [5, 5.41) is 6.68. The van der Waals surface area contributed by atoms with Crippen molar-refractivity contribution in [1.82, 2.24) is 5.32 Å². The SMILES string of the molecule is CC(=O)NC1CCC(Nc2ccc(N3C[C@H](C)O[C@@H](C)C3)cc2)CC1. The fraction of sp³-hybridized carbons (Fsp3) is 0.650. The Morgan fingerprint density at radius 3 is 2.12 bits per heavy atom. The Hall–Kier alpha value is -1.75. The van der Waals surface area contributed by atoms with Gasteiger partial charge in [0, 0.05) is 43.5 Å². The number of benzene rings is 1. The van der Waals surface area contributed by atoms with Crippen molar-refractivity contribution >= 4 is 17.3 Å². The van der Waals surface area contributed by atoms with Crippen LogP contribution in [0.3, 0.4) is 0 Å². The van der Waals surface area contributed by atoms with Gasteiger partial charge in [-0.2, -0.15) is 0 Å². The molecule has 1 aromatic carbocycles. The van der Waals surface area contributed by atoms with Gasteiger partial charge in [0.25, 0.3) is 0 Å². The Balaban J connectivity index is 1.51. The normalized spacial score (nSPS) is 30.0. The van der Waals surface area contributed by atoms with Crippen molar-refractivity contribution in [3.8, 4) is 0 Å². The number of hydrogen-bond donors (Lipinski definition) is 2. The van der Waals surface area contributed by atoms with Crippen LogP contribution in [0, 0.1) is 0 Å². The fourth-order valence-electron chi connectivity index (χ4n) is 4.06. The molecule has 1 aliphatic heterocycles. The number of nitrogens with zero attached hydrogens (tertiary/aromatic N) is 1. The van der Waals surface area contributed by atoms with Crippen molar-refractivity contribution < 1.29 is 9.53 Å². The highest BCUT2D eigenvalue weighted by Gasteiger charge is 2.23. The predicted molar refractivity (Wildman–Crippen MR) is 102 cm³/mol. The Kier molecular flexibility index (Phi) is 5.84. The molecule has 138 valence electrons. The van der Waals surface area contributed by atoms with E-state index < -0.39 is 0 Å². The van der Waals surface area contributed by atoms with Gasteiger partial charge >= 0.3 is 0 Å². The summed E-state index contributed by atoms with van der Waals surface area (Å²) in [7, 11) is 0. The van der Waals surface area contributed by atoms with Crippen molar-refractivity contribution in [1.29, 1.82) is 0 Å². The van der Waals surface area contributed by atoms with Crippen molar-refractivity contribution in [3.63, 3.8) is 0 Å². The maximum atomic E-state index is 11.1. The Morgan fingerprint density at radius 2 is 1.56 bits per heavy atom. The van der Waals surface area contributed by atoms with Crippen LogP contribution in [-0.2, 0) is 9.53 Å². The molecule has 2 fully saturated rings. The summed E-state index contributed by atoms with van der Waals surface area (Å²) in [6, 6.07) is 9.62. The lowest BCUT2D eigenvalue weighted by atomic mass is 9.91. The van der Waals surface area contributed by atoms with Crippen molar-refractivity contribution in [2.45, 2.75) is 70.7 Å². The van der Waals surface area contributed by atoms with E-state index in [1.54, 1.807) is 6.92 Å². The molecule has 1 saturated carbocycles. The highest BCUT2D eigenvalue weighted by molar-refractivity contribution is 5.73. The number of rotatable bonds is 4. The number of carbonyl (C=O) groups is 1. The van der Waals surface area contributed by atoms with Gasteiger partial charge in [0.15, 0.2) is 0 Å². The number of morpholine rings is 1. The van der Waals surface area contributed by atoms with Crippen LogP contribution >= 0.6 is 0 Å². The first-order chi connectivity index (χ1) is 12.0. The second-order valence-electron chi connectivity index (χ2n) is 7.60. The largest absolute Gasteiger partial charge is 0.382 e. The topological polar surface area (TPSA) is 53.6 Å². The highest BCUT2D eigenvalue weighted by atomic mass is 16.5.